The third-order valence-electron chi connectivity index (χ3n) is 7.09. The Morgan fingerprint density at radius 3 is 2.38 bits per heavy atom. The van der Waals surface area contributed by atoms with Gasteiger partial charge >= 0.3 is 0 Å². The van der Waals surface area contributed by atoms with Gasteiger partial charge in [-0.25, -0.2) is 0 Å². The standard InChI is InChI=1S/C27H34ClN3O3/c1-34-24-9-5-4-6-20(24)14-15-29-26(32)25(21-7-2-3-8-21)30-16-18-31(19-17-30)27(33)22-10-12-23(28)13-11-22/h4-6,9-13,21,25H,2-3,7-8,14-19H2,1H3,(H,29,32). The lowest BCUT2D eigenvalue weighted by Gasteiger charge is -2.40. The molecule has 0 aromatic heterocycles. The molecule has 1 saturated heterocycles. The number of hydrogen-bond acceptors (Lipinski definition) is 4. The number of hydrogen-bond donors (Lipinski definition) is 1. The molecule has 1 aliphatic carbocycles. The van der Waals surface area contributed by atoms with E-state index in [0.29, 0.717) is 49.2 Å². The van der Waals surface area contributed by atoms with E-state index in [1.165, 1.54) is 12.8 Å². The van der Waals surface area contributed by atoms with Crippen molar-refractivity contribution in [3.63, 3.8) is 0 Å². The van der Waals surface area contributed by atoms with Crippen LogP contribution >= 0.6 is 11.6 Å². The third-order valence-corrected chi connectivity index (χ3v) is 7.34. The predicted molar refractivity (Wildman–Crippen MR) is 134 cm³/mol. The summed E-state index contributed by atoms with van der Waals surface area (Å²) in [4.78, 5) is 30.4. The largest absolute Gasteiger partial charge is 0.496 e. The number of piperazine rings is 1. The second kappa shape index (κ2) is 11.7. The Morgan fingerprint density at radius 2 is 1.71 bits per heavy atom. The zero-order chi connectivity index (χ0) is 23.9. The van der Waals surface area contributed by atoms with Crippen molar-refractivity contribution in [2.45, 2.75) is 38.1 Å². The van der Waals surface area contributed by atoms with Crippen molar-refractivity contribution in [2.24, 2.45) is 5.92 Å². The number of rotatable bonds is 8. The van der Waals surface area contributed by atoms with Crippen molar-refractivity contribution < 1.29 is 14.3 Å². The molecule has 1 heterocycles. The molecule has 182 valence electrons. The fourth-order valence-electron chi connectivity index (χ4n) is 5.26. The van der Waals surface area contributed by atoms with Crippen LogP contribution in [0.1, 0.15) is 41.6 Å². The number of para-hydroxylation sites is 1. The molecule has 0 spiro atoms. The van der Waals surface area contributed by atoms with Crippen LogP contribution < -0.4 is 10.1 Å². The Morgan fingerprint density at radius 1 is 1.03 bits per heavy atom. The summed E-state index contributed by atoms with van der Waals surface area (Å²) >= 11 is 5.96. The van der Waals surface area contributed by atoms with Crippen LogP contribution in [0.5, 0.6) is 5.75 Å². The van der Waals surface area contributed by atoms with Gasteiger partial charge in [-0.3, -0.25) is 14.5 Å². The summed E-state index contributed by atoms with van der Waals surface area (Å²) in [5, 5.41) is 3.82. The minimum absolute atomic E-state index is 0.0231. The van der Waals surface area contributed by atoms with E-state index < -0.39 is 0 Å². The number of benzene rings is 2. The highest BCUT2D eigenvalue weighted by Crippen LogP contribution is 2.31. The normalized spacial score (nSPS) is 18.0. The Kier molecular flexibility index (Phi) is 8.46. The zero-order valence-electron chi connectivity index (χ0n) is 19.8. The molecule has 2 fully saturated rings. The molecule has 6 nitrogen and oxygen atoms in total. The first kappa shape index (κ1) is 24.6. The number of methoxy groups -OCH3 is 1. The van der Waals surface area contributed by atoms with E-state index in [1.54, 1.807) is 31.4 Å². The molecule has 34 heavy (non-hydrogen) atoms. The van der Waals surface area contributed by atoms with Gasteiger partial charge in [0.25, 0.3) is 5.91 Å². The van der Waals surface area contributed by atoms with Crippen molar-refractivity contribution >= 4 is 23.4 Å². The van der Waals surface area contributed by atoms with Crippen LogP contribution in [-0.4, -0.2) is 67.5 Å². The van der Waals surface area contributed by atoms with E-state index in [0.717, 1.165) is 30.6 Å². The van der Waals surface area contributed by atoms with Gasteiger partial charge in [0.1, 0.15) is 5.75 Å². The van der Waals surface area contributed by atoms with Crippen molar-refractivity contribution in [3.8, 4) is 5.75 Å². The molecule has 2 aliphatic rings. The molecule has 1 atom stereocenters. The molecule has 1 aliphatic heterocycles. The lowest BCUT2D eigenvalue weighted by Crippen LogP contribution is -2.58. The summed E-state index contributed by atoms with van der Waals surface area (Å²) in [6, 6.07) is 14.8. The van der Waals surface area contributed by atoms with E-state index in [9.17, 15) is 9.59 Å². The first-order valence-electron chi connectivity index (χ1n) is 12.3. The number of carbonyl (C=O) groups is 2. The Labute approximate surface area is 207 Å². The fourth-order valence-corrected chi connectivity index (χ4v) is 5.39. The van der Waals surface area contributed by atoms with E-state index in [-0.39, 0.29) is 17.9 Å². The third kappa shape index (κ3) is 5.91. The SMILES string of the molecule is COc1ccccc1CCNC(=O)C(C1CCCC1)N1CCN(C(=O)c2ccc(Cl)cc2)CC1. The highest BCUT2D eigenvalue weighted by Gasteiger charge is 2.37. The van der Waals surface area contributed by atoms with E-state index in [4.69, 9.17) is 16.3 Å². The zero-order valence-corrected chi connectivity index (χ0v) is 20.6. The quantitative estimate of drug-likeness (QED) is 0.616. The van der Waals surface area contributed by atoms with E-state index in [1.807, 2.05) is 29.2 Å². The van der Waals surface area contributed by atoms with Gasteiger partial charge in [0.05, 0.1) is 13.2 Å². The van der Waals surface area contributed by atoms with Gasteiger partial charge in [-0.05, 0) is 61.1 Å². The first-order valence-corrected chi connectivity index (χ1v) is 12.6. The summed E-state index contributed by atoms with van der Waals surface area (Å²) in [5.41, 5.74) is 1.75. The smallest absolute Gasteiger partial charge is 0.253 e. The van der Waals surface area contributed by atoms with Gasteiger partial charge in [0.2, 0.25) is 5.91 Å². The van der Waals surface area contributed by atoms with Crippen LogP contribution in [0.4, 0.5) is 0 Å². The van der Waals surface area contributed by atoms with Gasteiger partial charge in [0, 0.05) is 43.3 Å². The van der Waals surface area contributed by atoms with Crippen LogP contribution in [0.3, 0.4) is 0 Å². The number of carbonyl (C=O) groups excluding carboxylic acids is 2. The van der Waals surface area contributed by atoms with Gasteiger partial charge < -0.3 is 15.0 Å². The minimum atomic E-state index is -0.132. The molecule has 1 N–H and O–H groups in total. The van der Waals surface area contributed by atoms with Crippen LogP contribution in [0, 0.1) is 5.92 Å². The topological polar surface area (TPSA) is 61.9 Å². The molecule has 2 aromatic carbocycles. The summed E-state index contributed by atoms with van der Waals surface area (Å²) in [6.45, 7) is 3.25. The summed E-state index contributed by atoms with van der Waals surface area (Å²) in [7, 11) is 1.67. The predicted octanol–water partition coefficient (Wildman–Crippen LogP) is 4.02. The van der Waals surface area contributed by atoms with Gasteiger partial charge in [-0.1, -0.05) is 42.6 Å². The Balaban J connectivity index is 1.35. The number of nitrogens with one attached hydrogen (secondary N) is 1. The molecule has 0 radical (unpaired) electrons. The molecule has 2 aromatic rings. The number of ether oxygens (including phenoxy) is 1. The van der Waals surface area contributed by atoms with Gasteiger partial charge in [-0.2, -0.15) is 0 Å². The highest BCUT2D eigenvalue weighted by molar-refractivity contribution is 6.30. The second-order valence-corrected chi connectivity index (χ2v) is 9.61. The van der Waals surface area contributed by atoms with Crippen LogP contribution in [-0.2, 0) is 11.2 Å². The first-order chi connectivity index (χ1) is 16.6. The number of halogens is 1. The minimum Gasteiger partial charge on any atom is -0.496 e. The van der Waals surface area contributed by atoms with Crippen molar-refractivity contribution in [1.29, 1.82) is 0 Å². The van der Waals surface area contributed by atoms with Crippen molar-refractivity contribution in [3.05, 3.63) is 64.7 Å². The van der Waals surface area contributed by atoms with Crippen molar-refractivity contribution in [1.82, 2.24) is 15.1 Å². The molecular weight excluding hydrogens is 450 g/mol. The molecule has 1 saturated carbocycles. The Bertz CT molecular complexity index is 967. The van der Waals surface area contributed by atoms with E-state index >= 15 is 0 Å². The maximum absolute atomic E-state index is 13.4. The molecule has 0 bridgehead atoms. The van der Waals surface area contributed by atoms with E-state index in [2.05, 4.69) is 10.2 Å². The van der Waals surface area contributed by atoms with Gasteiger partial charge in [-0.15, -0.1) is 0 Å². The van der Waals surface area contributed by atoms with Crippen molar-refractivity contribution in [2.75, 3.05) is 39.8 Å². The molecule has 2 amide bonds. The monoisotopic (exact) mass is 483 g/mol. The average molecular weight is 484 g/mol. The highest BCUT2D eigenvalue weighted by atomic mass is 35.5. The summed E-state index contributed by atoms with van der Waals surface area (Å²) in [6.07, 6.45) is 5.29. The maximum atomic E-state index is 13.4. The Hall–Kier alpha value is -2.57. The number of amides is 2. The van der Waals surface area contributed by atoms with Crippen LogP contribution in [0.25, 0.3) is 0 Å². The number of nitrogens with zero attached hydrogens (tertiary/aromatic N) is 2. The average Bonchev–Trinajstić information content (AvgIpc) is 3.39. The second-order valence-electron chi connectivity index (χ2n) is 9.18. The lowest BCUT2D eigenvalue weighted by molar-refractivity contribution is -0.129. The molecule has 7 heteroatoms. The maximum Gasteiger partial charge on any atom is 0.253 e. The fraction of sp³-hybridized carbons (Fsp3) is 0.481. The molecular formula is C27H34ClN3O3. The molecule has 4 rings (SSSR count). The molecule has 1 unspecified atom stereocenters. The van der Waals surface area contributed by atoms with Gasteiger partial charge in [0.15, 0.2) is 0 Å². The lowest BCUT2D eigenvalue weighted by atomic mass is 9.94. The van der Waals surface area contributed by atoms with Crippen LogP contribution in [0.2, 0.25) is 5.02 Å². The summed E-state index contributed by atoms with van der Waals surface area (Å²) < 4.78 is 5.43. The summed E-state index contributed by atoms with van der Waals surface area (Å²) in [5.74, 6) is 1.37. The van der Waals surface area contributed by atoms with Crippen LogP contribution in [0.15, 0.2) is 48.5 Å².